The van der Waals surface area contributed by atoms with Gasteiger partial charge >= 0.3 is 0 Å². The van der Waals surface area contributed by atoms with E-state index >= 15 is 0 Å². The van der Waals surface area contributed by atoms with Gasteiger partial charge in [-0.1, -0.05) is 33.2 Å². The van der Waals surface area contributed by atoms with Crippen LogP contribution in [0.15, 0.2) is 97.7 Å². The summed E-state index contributed by atoms with van der Waals surface area (Å²) in [5.41, 5.74) is 2.45. The Labute approximate surface area is 233 Å². The highest BCUT2D eigenvalue weighted by atomic mass is 79.9. The van der Waals surface area contributed by atoms with Gasteiger partial charge in [0.15, 0.2) is 5.82 Å². The Morgan fingerprint density at radius 1 is 0.974 bits per heavy atom. The summed E-state index contributed by atoms with van der Waals surface area (Å²) >= 11 is 3.50. The van der Waals surface area contributed by atoms with Gasteiger partial charge in [0.25, 0.3) is 15.6 Å². The van der Waals surface area contributed by atoms with Crippen molar-refractivity contribution in [2.75, 3.05) is 18.5 Å². The van der Waals surface area contributed by atoms with Crippen LogP contribution in [0.3, 0.4) is 0 Å². The van der Waals surface area contributed by atoms with Crippen molar-refractivity contribution in [3.63, 3.8) is 0 Å². The number of benzene rings is 3. The van der Waals surface area contributed by atoms with Crippen molar-refractivity contribution in [2.24, 2.45) is 0 Å². The molecule has 0 spiro atoms. The molecule has 3 aromatic carbocycles. The first kappa shape index (κ1) is 26.5. The minimum atomic E-state index is -4.08. The highest BCUT2D eigenvalue weighted by Gasteiger charge is 2.28. The maximum atomic E-state index is 13.9. The van der Waals surface area contributed by atoms with Crippen molar-refractivity contribution < 1.29 is 22.4 Å². The number of aryl methyl sites for hydroxylation is 1. The molecule has 0 bridgehead atoms. The number of anilines is 1. The van der Waals surface area contributed by atoms with Crippen LogP contribution in [-0.2, 0) is 16.6 Å². The molecule has 0 N–H and O–H groups in total. The fraction of sp³-hybridized carbons (Fsp3) is 0.143. The van der Waals surface area contributed by atoms with Crippen molar-refractivity contribution in [1.29, 1.82) is 0 Å². The molecule has 0 aliphatic carbocycles. The number of pyridine rings is 1. The van der Waals surface area contributed by atoms with Gasteiger partial charge in [0.2, 0.25) is 0 Å². The second-order valence-electron chi connectivity index (χ2n) is 8.72. The van der Waals surface area contributed by atoms with Gasteiger partial charge < -0.3 is 14.0 Å². The van der Waals surface area contributed by atoms with Crippen LogP contribution in [0.25, 0.3) is 16.6 Å². The molecule has 0 saturated heterocycles. The van der Waals surface area contributed by atoms with Crippen molar-refractivity contribution in [3.8, 4) is 17.2 Å². The van der Waals surface area contributed by atoms with Gasteiger partial charge in [0, 0.05) is 22.0 Å². The first-order valence-corrected chi connectivity index (χ1v) is 14.0. The zero-order valence-corrected chi connectivity index (χ0v) is 23.7. The Balaban J connectivity index is 1.62. The summed E-state index contributed by atoms with van der Waals surface area (Å²) < 4.78 is 47.1. The summed E-state index contributed by atoms with van der Waals surface area (Å²) in [4.78, 5) is 13.1. The van der Waals surface area contributed by atoms with Crippen LogP contribution in [0.5, 0.6) is 11.5 Å². The number of methoxy groups -OCH3 is 2. The molecule has 5 aromatic rings. The molecular weight excluding hydrogens is 586 g/mol. The van der Waals surface area contributed by atoms with Crippen LogP contribution in [0.4, 0.5) is 5.82 Å². The second-order valence-corrected chi connectivity index (χ2v) is 11.4. The number of fused-ring (bicyclic) bond motifs is 1. The number of hydrogen-bond acceptors (Lipinski definition) is 7. The van der Waals surface area contributed by atoms with Crippen LogP contribution >= 0.6 is 15.9 Å². The number of halogens is 1. The maximum absolute atomic E-state index is 13.9. The van der Waals surface area contributed by atoms with E-state index in [1.165, 1.54) is 40.4 Å². The van der Waals surface area contributed by atoms with Crippen LogP contribution in [0.2, 0.25) is 0 Å². The molecule has 0 fully saturated rings. The third-order valence-electron chi connectivity index (χ3n) is 6.32. The molecule has 9 nitrogen and oxygen atoms in total. The van der Waals surface area contributed by atoms with E-state index < -0.39 is 10.0 Å². The topological polar surface area (TPSA) is 104 Å². The monoisotopic (exact) mass is 609 g/mol. The van der Waals surface area contributed by atoms with Crippen molar-refractivity contribution >= 4 is 42.7 Å². The molecule has 0 aliphatic rings. The van der Waals surface area contributed by atoms with Gasteiger partial charge in [-0.05, 0) is 66.6 Å². The summed E-state index contributed by atoms with van der Waals surface area (Å²) in [6.45, 7) is 1.93. The molecular formula is C28H24BrN3O6S. The summed E-state index contributed by atoms with van der Waals surface area (Å²) in [6.07, 6.45) is 1.32. The molecule has 200 valence electrons. The van der Waals surface area contributed by atoms with E-state index in [0.717, 1.165) is 15.6 Å². The van der Waals surface area contributed by atoms with E-state index in [4.69, 9.17) is 14.0 Å². The number of ether oxygens (including phenoxy) is 2. The third kappa shape index (κ3) is 5.02. The van der Waals surface area contributed by atoms with Gasteiger partial charge in [-0.25, -0.2) is 12.7 Å². The smallest absolute Gasteiger partial charge is 0.265 e. The molecule has 0 aliphatic heterocycles. The van der Waals surface area contributed by atoms with Crippen LogP contribution in [-0.4, -0.2) is 32.4 Å². The van der Waals surface area contributed by atoms with Crippen LogP contribution in [0, 0.1) is 6.92 Å². The number of nitrogens with zero attached hydrogens (tertiary/aromatic N) is 3. The second kappa shape index (κ2) is 10.6. The summed E-state index contributed by atoms with van der Waals surface area (Å²) in [7, 11) is -0.986. The molecule has 0 radical (unpaired) electrons. The molecule has 0 atom stereocenters. The minimum Gasteiger partial charge on any atom is -0.497 e. The zero-order chi connectivity index (χ0) is 27.7. The summed E-state index contributed by atoms with van der Waals surface area (Å²) in [6, 6.07) is 19.9. The first-order valence-electron chi connectivity index (χ1n) is 11.8. The molecule has 0 saturated carbocycles. The molecule has 11 heteroatoms. The lowest BCUT2D eigenvalue weighted by molar-refractivity contribution is 0.412. The molecule has 2 heterocycles. The van der Waals surface area contributed by atoms with Crippen LogP contribution < -0.4 is 19.3 Å². The lowest BCUT2D eigenvalue weighted by Gasteiger charge is -2.22. The fourth-order valence-corrected chi connectivity index (χ4v) is 6.02. The lowest BCUT2D eigenvalue weighted by atomic mass is 10.1. The van der Waals surface area contributed by atoms with E-state index in [9.17, 15) is 13.2 Å². The lowest BCUT2D eigenvalue weighted by Crippen LogP contribution is -2.31. The number of hydrogen-bond donors (Lipinski definition) is 0. The molecule has 2 aromatic heterocycles. The number of rotatable bonds is 8. The summed E-state index contributed by atoms with van der Waals surface area (Å²) in [5.74, 6) is 1.30. The van der Waals surface area contributed by atoms with E-state index in [-0.39, 0.29) is 22.8 Å². The highest BCUT2D eigenvalue weighted by Crippen LogP contribution is 2.32. The van der Waals surface area contributed by atoms with Crippen molar-refractivity contribution in [1.82, 2.24) is 9.72 Å². The Morgan fingerprint density at radius 2 is 1.74 bits per heavy atom. The zero-order valence-electron chi connectivity index (χ0n) is 21.3. The van der Waals surface area contributed by atoms with E-state index in [1.807, 2.05) is 13.0 Å². The predicted octanol–water partition coefficient (Wildman–Crippen LogP) is 5.46. The molecule has 0 amide bonds. The largest absolute Gasteiger partial charge is 0.497 e. The standard InChI is InChI=1S/C28H24BrN3O6S/c1-18-14-25(26(37-3)16-23(18)29)32-24-10-9-22(15-20(24)6-11-28(32)33)39(34,35)31(27-12-13-38-30-27)17-19-4-7-21(36-2)8-5-19/h4-16H,17H2,1-3H3. The average Bonchev–Trinajstić information content (AvgIpc) is 3.47. The Bertz CT molecular complexity index is 1820. The normalized spacial score (nSPS) is 11.5. The first-order chi connectivity index (χ1) is 18.7. The highest BCUT2D eigenvalue weighted by molar-refractivity contribution is 9.10. The quantitative estimate of drug-likeness (QED) is 0.230. The van der Waals surface area contributed by atoms with Gasteiger partial charge in [-0.2, -0.15) is 0 Å². The Hall–Kier alpha value is -4.09. The van der Waals surface area contributed by atoms with Gasteiger partial charge in [-0.3, -0.25) is 9.36 Å². The van der Waals surface area contributed by atoms with Gasteiger partial charge in [0.05, 0.1) is 36.9 Å². The maximum Gasteiger partial charge on any atom is 0.265 e. The average molecular weight is 610 g/mol. The SMILES string of the molecule is COc1ccc(CN(c2ccon2)S(=O)(=O)c2ccc3c(ccc(=O)n3-c3cc(C)c(Br)cc3OC)c2)cc1. The van der Waals surface area contributed by atoms with Crippen molar-refractivity contribution in [3.05, 3.63) is 105 Å². The van der Waals surface area contributed by atoms with Gasteiger partial charge in [0.1, 0.15) is 17.8 Å². The van der Waals surface area contributed by atoms with Crippen LogP contribution in [0.1, 0.15) is 11.1 Å². The predicted molar refractivity (Wildman–Crippen MR) is 151 cm³/mol. The van der Waals surface area contributed by atoms with E-state index in [0.29, 0.717) is 28.1 Å². The van der Waals surface area contributed by atoms with E-state index in [1.54, 1.807) is 55.6 Å². The Kier molecular flexibility index (Phi) is 7.19. The van der Waals surface area contributed by atoms with Gasteiger partial charge in [-0.15, -0.1) is 0 Å². The number of aromatic nitrogens is 2. The minimum absolute atomic E-state index is 0.0196. The third-order valence-corrected chi connectivity index (χ3v) is 8.92. The number of sulfonamides is 1. The Morgan fingerprint density at radius 3 is 2.41 bits per heavy atom. The van der Waals surface area contributed by atoms with E-state index in [2.05, 4.69) is 21.1 Å². The molecule has 5 rings (SSSR count). The fourth-order valence-electron chi connectivity index (χ4n) is 4.27. The summed E-state index contributed by atoms with van der Waals surface area (Å²) in [5, 5.41) is 4.44. The molecule has 0 unspecified atom stereocenters. The van der Waals surface area contributed by atoms with Crippen molar-refractivity contribution in [2.45, 2.75) is 18.4 Å². The molecule has 39 heavy (non-hydrogen) atoms.